The number of aromatic nitrogens is 16. The Balaban J connectivity index is 0.000000161. The molecule has 0 unspecified atom stereocenters. The minimum absolute atomic E-state index is 0.215. The zero-order chi connectivity index (χ0) is 103. The smallest absolute Gasteiger partial charge is 0.213 e. The van der Waals surface area contributed by atoms with Gasteiger partial charge in [-0.3, -0.25) is 18.3 Å². The van der Waals surface area contributed by atoms with E-state index in [-0.39, 0.29) is 94.4 Å². The summed E-state index contributed by atoms with van der Waals surface area (Å²) in [6, 6.07) is 42.2. The molecule has 8 atom stereocenters. The van der Waals surface area contributed by atoms with Crippen molar-refractivity contribution in [3.05, 3.63) is 169 Å². The van der Waals surface area contributed by atoms with Crippen LogP contribution in [0, 0.1) is 23.7 Å². The predicted octanol–water partition coefficient (Wildman–Crippen LogP) is 13.9. The van der Waals surface area contributed by atoms with Crippen molar-refractivity contribution >= 4 is 39.3 Å². The highest BCUT2D eigenvalue weighted by Gasteiger charge is 2.45. The fourth-order valence-corrected chi connectivity index (χ4v) is 24.5. The number of hydrogen-bond acceptors (Lipinski definition) is 36. The maximum absolute atomic E-state index is 13.6. The van der Waals surface area contributed by atoms with E-state index >= 15 is 0 Å². The van der Waals surface area contributed by atoms with Crippen LogP contribution in [-0.2, 0) is 81.3 Å². The van der Waals surface area contributed by atoms with Crippen molar-refractivity contribution in [2.45, 2.75) is 173 Å². The van der Waals surface area contributed by atoms with E-state index in [1.807, 2.05) is 0 Å². The summed E-state index contributed by atoms with van der Waals surface area (Å²) in [5.74, 6) is 7.04. The summed E-state index contributed by atoms with van der Waals surface area (Å²) in [5, 5.41) is 31.8. The van der Waals surface area contributed by atoms with Crippen LogP contribution in [0.4, 0.5) is 0 Å². The van der Waals surface area contributed by atoms with Gasteiger partial charge < -0.3 is 75.8 Å². The number of ether oxygens (including phenoxy) is 16. The van der Waals surface area contributed by atoms with Gasteiger partial charge in [-0.1, -0.05) is 74.2 Å². The van der Waals surface area contributed by atoms with Gasteiger partial charge in [-0.25, -0.2) is 53.6 Å². The van der Waals surface area contributed by atoms with Crippen molar-refractivity contribution in [1.82, 2.24) is 79.0 Å². The summed E-state index contributed by atoms with van der Waals surface area (Å²) in [5.41, 5.74) is 3.73. The van der Waals surface area contributed by atoms with Gasteiger partial charge in [0.1, 0.15) is 115 Å². The molecular formula is C100H128N16O24S4. The molecule has 4 aliphatic rings. The first-order chi connectivity index (χ1) is 69.4. The highest BCUT2D eigenvalue weighted by Crippen LogP contribution is 2.46. The van der Waals surface area contributed by atoms with Crippen LogP contribution in [0.3, 0.4) is 0 Å². The van der Waals surface area contributed by atoms with Crippen molar-refractivity contribution in [3.8, 4) is 138 Å². The number of rotatable bonds is 44. The number of benzene rings is 4. The highest BCUT2D eigenvalue weighted by molar-refractivity contribution is 7.92. The summed E-state index contributed by atoms with van der Waals surface area (Å²) < 4.78 is 204. The quantitative estimate of drug-likeness (QED) is 0.0342. The summed E-state index contributed by atoms with van der Waals surface area (Å²) >= 11 is 0. The Hall–Kier alpha value is -12.7. The van der Waals surface area contributed by atoms with E-state index in [0.717, 1.165) is 77.0 Å². The van der Waals surface area contributed by atoms with Gasteiger partial charge in [0.05, 0.1) is 131 Å². The SMILES string of the molecule is COc1cccc(-c2nnc(CS(=O)(=O)[C@@H](C)[C@@H](OC)C3CCC3)n2-c2c(OC)cccc2OC)n1.COc1cccc(-c2nnc(CS(=O)(=O)[C@@H](C)[C@H](OC)C3CCC3)n2-c2c(OC)cccc2OC)n1.COc1cccc(-c2nnc(CS(=O)(=O)[C@H](C)[C@@H](OC)C3CCC3)n2-c2c(OC)cccc2OC)n1.COc1cccc(-c2nnc(CS(=O)(=O)[C@H](C)[C@H](OC)C3CCC3)n2-c2c(OC)cccc2OC)n1. The molecule has 0 amide bonds. The van der Waals surface area contributed by atoms with Crippen LogP contribution in [0.2, 0.25) is 0 Å². The van der Waals surface area contributed by atoms with Gasteiger partial charge in [0, 0.05) is 52.7 Å². The summed E-state index contributed by atoms with van der Waals surface area (Å²) in [6.07, 6.45) is 10.6. The maximum Gasteiger partial charge on any atom is 0.213 e. The maximum atomic E-state index is 13.6. The topological polar surface area (TPSA) is 459 Å². The Morgan fingerprint density at radius 2 is 0.410 bits per heavy atom. The molecule has 0 aliphatic heterocycles. The van der Waals surface area contributed by atoms with E-state index in [0.29, 0.717) is 138 Å². The third-order valence-corrected chi connectivity index (χ3v) is 35.3. The fraction of sp³-hybridized carbons (Fsp3) is 0.480. The molecule has 44 heteroatoms. The number of sulfone groups is 4. The van der Waals surface area contributed by atoms with Crippen molar-refractivity contribution in [2.75, 3.05) is 114 Å². The first-order valence-corrected chi connectivity index (χ1v) is 53.9. The summed E-state index contributed by atoms with van der Waals surface area (Å²) in [4.78, 5) is 18.0. The fourth-order valence-electron chi connectivity index (χ4n) is 18.3. The van der Waals surface area contributed by atoms with Crippen LogP contribution in [-0.4, -0.2) is 272 Å². The highest BCUT2D eigenvalue weighted by atomic mass is 32.2. The van der Waals surface area contributed by atoms with Gasteiger partial charge >= 0.3 is 0 Å². The molecule has 0 saturated heterocycles. The molecule has 4 fully saturated rings. The lowest BCUT2D eigenvalue weighted by Gasteiger charge is -2.36. The molecule has 40 nitrogen and oxygen atoms in total. The number of para-hydroxylation sites is 4. The van der Waals surface area contributed by atoms with E-state index < -0.39 is 60.3 Å². The molecule has 8 heterocycles. The van der Waals surface area contributed by atoms with Gasteiger partial charge in [-0.05, 0) is 176 Å². The molecule has 0 radical (unpaired) electrons. The lowest BCUT2D eigenvalue weighted by Crippen LogP contribution is -2.42. The van der Waals surface area contributed by atoms with Gasteiger partial charge in [0.15, 0.2) is 85.9 Å². The third kappa shape index (κ3) is 23.8. The first kappa shape index (κ1) is 109. The number of methoxy groups -OCH3 is 16. The largest absolute Gasteiger partial charge is 0.494 e. The van der Waals surface area contributed by atoms with Gasteiger partial charge in [0.25, 0.3) is 0 Å². The van der Waals surface area contributed by atoms with Crippen molar-refractivity contribution in [1.29, 1.82) is 0 Å². The lowest BCUT2D eigenvalue weighted by molar-refractivity contribution is 0.0192. The van der Waals surface area contributed by atoms with Crippen LogP contribution in [0.5, 0.6) is 69.5 Å². The summed E-state index contributed by atoms with van der Waals surface area (Å²) in [6.45, 7) is 6.82. The molecule has 12 aromatic rings. The van der Waals surface area contributed by atoms with Crippen LogP contribution < -0.4 is 56.8 Å². The second kappa shape index (κ2) is 48.8. The first-order valence-electron chi connectivity index (χ1n) is 47.0. The van der Waals surface area contributed by atoms with Crippen LogP contribution in [0.15, 0.2) is 146 Å². The van der Waals surface area contributed by atoms with Gasteiger partial charge in [0.2, 0.25) is 23.5 Å². The zero-order valence-electron chi connectivity index (χ0n) is 84.7. The summed E-state index contributed by atoms with van der Waals surface area (Å²) in [7, 11) is 9.96. The molecule has 4 aliphatic carbocycles. The van der Waals surface area contributed by atoms with E-state index in [4.69, 9.17) is 75.8 Å². The average molecular weight is 2070 g/mol. The molecule has 16 rings (SSSR count). The monoisotopic (exact) mass is 2060 g/mol. The minimum Gasteiger partial charge on any atom is -0.494 e. The number of hydrogen-bond donors (Lipinski definition) is 0. The van der Waals surface area contributed by atoms with E-state index in [1.165, 1.54) is 85.3 Å². The van der Waals surface area contributed by atoms with Gasteiger partial charge in [-0.2, -0.15) is 0 Å². The molecule has 776 valence electrons. The van der Waals surface area contributed by atoms with Crippen molar-refractivity contribution < 1.29 is 109 Å². The molecule has 0 spiro atoms. The second-order valence-electron chi connectivity index (χ2n) is 35.0. The van der Waals surface area contributed by atoms with Crippen molar-refractivity contribution in [2.24, 2.45) is 23.7 Å². The van der Waals surface area contributed by atoms with E-state index in [9.17, 15) is 33.7 Å². The van der Waals surface area contributed by atoms with Crippen LogP contribution in [0.25, 0.3) is 68.8 Å². The lowest BCUT2D eigenvalue weighted by atomic mass is 9.80. The molecule has 144 heavy (non-hydrogen) atoms. The normalized spacial score (nSPS) is 15.7. The second-order valence-corrected chi connectivity index (χ2v) is 44.5. The molecule has 4 saturated carbocycles. The minimum atomic E-state index is -3.67. The number of pyridine rings is 4. The Bertz CT molecular complexity index is 5940. The number of nitrogens with zero attached hydrogens (tertiary/aromatic N) is 16. The Morgan fingerprint density at radius 3 is 0.549 bits per heavy atom. The standard InChI is InChI=1S/4C25H32N4O6S/c4*1-16(24(35-5)17-9-6-10-17)36(30,31)15-21-27-28-25(18-11-7-14-22(26-18)34-4)29(21)23-19(32-2)12-8-13-20(23)33-3/h4*7-8,11-14,16-17,24H,6,9-10,15H2,1-5H3/t2*16-,24+;2*16-,24-/m1010/s1. The Labute approximate surface area is 840 Å². The zero-order valence-corrected chi connectivity index (χ0v) is 88.0. The van der Waals surface area contributed by atoms with E-state index in [1.54, 1.807) is 220 Å². The van der Waals surface area contributed by atoms with Gasteiger partial charge in [-0.15, -0.1) is 40.8 Å². The molecule has 0 bridgehead atoms. The van der Waals surface area contributed by atoms with E-state index in [2.05, 4.69) is 60.7 Å². The van der Waals surface area contributed by atoms with Crippen molar-refractivity contribution in [3.63, 3.8) is 0 Å². The molecule has 8 aromatic heterocycles. The van der Waals surface area contributed by atoms with Crippen LogP contribution >= 0.6 is 0 Å². The molecular weight excluding hydrogens is 1940 g/mol. The Kier molecular flexibility index (Phi) is 36.8. The van der Waals surface area contributed by atoms with Crippen LogP contribution in [0.1, 0.15) is 128 Å². The average Bonchev–Trinajstić information content (AvgIpc) is 1.61. The predicted molar refractivity (Wildman–Crippen MR) is 538 cm³/mol. The molecule has 4 aromatic carbocycles. The molecule has 0 N–H and O–H groups in total. The third-order valence-electron chi connectivity index (χ3n) is 27.1. The Morgan fingerprint density at radius 1 is 0.243 bits per heavy atom.